The number of imidazole rings is 1. The van der Waals surface area contributed by atoms with Gasteiger partial charge in [-0.15, -0.1) is 0 Å². The van der Waals surface area contributed by atoms with Gasteiger partial charge < -0.3 is 15.0 Å². The fraction of sp³-hybridized carbons (Fsp3) is 0.586. The first-order valence-electron chi connectivity index (χ1n) is 13.7. The zero-order valence-corrected chi connectivity index (χ0v) is 21.8. The number of anilines is 1. The summed E-state index contributed by atoms with van der Waals surface area (Å²) in [6.07, 6.45) is 9.47. The number of carboxylic acids is 1. The Bertz CT molecular complexity index is 1200. The van der Waals surface area contributed by atoms with Crippen molar-refractivity contribution >= 4 is 23.0 Å². The molecular formula is C29H39N5O2. The van der Waals surface area contributed by atoms with Crippen LogP contribution >= 0.6 is 0 Å². The smallest absolute Gasteiger partial charge is 0.374 e. The lowest BCUT2D eigenvalue weighted by Crippen LogP contribution is -2.31. The van der Waals surface area contributed by atoms with Crippen molar-refractivity contribution in [1.82, 2.24) is 19.5 Å². The molecular weight excluding hydrogens is 450 g/mol. The van der Waals surface area contributed by atoms with E-state index < -0.39 is 5.97 Å². The molecule has 2 aliphatic rings. The fourth-order valence-electron chi connectivity index (χ4n) is 5.91. The second kappa shape index (κ2) is 10.6. The van der Waals surface area contributed by atoms with Crippen LogP contribution in [-0.2, 0) is 13.0 Å². The molecule has 2 aliphatic carbocycles. The Morgan fingerprint density at radius 2 is 1.78 bits per heavy atom. The van der Waals surface area contributed by atoms with Crippen LogP contribution in [0.3, 0.4) is 0 Å². The van der Waals surface area contributed by atoms with E-state index in [2.05, 4.69) is 64.9 Å². The normalized spacial score (nSPS) is 22.2. The summed E-state index contributed by atoms with van der Waals surface area (Å²) < 4.78 is 2.32. The molecule has 7 nitrogen and oxygen atoms in total. The molecule has 0 amide bonds. The van der Waals surface area contributed by atoms with Crippen LogP contribution in [0.5, 0.6) is 0 Å². The Kier molecular flexibility index (Phi) is 7.26. The van der Waals surface area contributed by atoms with Gasteiger partial charge in [-0.3, -0.25) is 0 Å². The third-order valence-corrected chi connectivity index (χ3v) is 8.45. The minimum Gasteiger partial charge on any atom is -0.475 e. The van der Waals surface area contributed by atoms with Crippen molar-refractivity contribution in [2.75, 3.05) is 5.32 Å². The van der Waals surface area contributed by atoms with Gasteiger partial charge in [0.2, 0.25) is 5.82 Å². The van der Waals surface area contributed by atoms with E-state index in [0.717, 1.165) is 30.2 Å². The molecule has 2 heterocycles. The number of hydrogen-bond acceptors (Lipinski definition) is 5. The molecule has 2 aromatic heterocycles. The summed E-state index contributed by atoms with van der Waals surface area (Å²) in [6, 6.07) is 10.7. The summed E-state index contributed by atoms with van der Waals surface area (Å²) in [4.78, 5) is 25.8. The summed E-state index contributed by atoms with van der Waals surface area (Å²) in [6.45, 7) is 7.62. The van der Waals surface area contributed by atoms with Gasteiger partial charge in [-0.2, -0.15) is 0 Å². The number of carboxylic acid groups (broad SMARTS) is 1. The highest BCUT2D eigenvalue weighted by molar-refractivity contribution is 5.90. The Balaban J connectivity index is 1.57. The Morgan fingerprint density at radius 3 is 2.42 bits per heavy atom. The van der Waals surface area contributed by atoms with E-state index in [4.69, 9.17) is 4.98 Å². The summed E-state index contributed by atoms with van der Waals surface area (Å²) >= 11 is 0. The summed E-state index contributed by atoms with van der Waals surface area (Å²) in [5.74, 6) is 2.41. The van der Waals surface area contributed by atoms with E-state index in [0.29, 0.717) is 23.3 Å². The van der Waals surface area contributed by atoms with Crippen LogP contribution in [0, 0.1) is 17.8 Å². The van der Waals surface area contributed by atoms with Crippen LogP contribution < -0.4 is 5.32 Å². The van der Waals surface area contributed by atoms with Crippen molar-refractivity contribution in [1.29, 1.82) is 0 Å². The molecule has 0 saturated heterocycles. The number of benzene rings is 1. The first-order valence-corrected chi connectivity index (χ1v) is 13.7. The van der Waals surface area contributed by atoms with Gasteiger partial charge >= 0.3 is 5.97 Å². The molecule has 3 aromatic rings. The number of fused-ring (bicyclic) bond motifs is 1. The second-order valence-corrected chi connectivity index (χ2v) is 11.3. The maximum Gasteiger partial charge on any atom is 0.374 e. The van der Waals surface area contributed by atoms with E-state index in [1.54, 1.807) is 0 Å². The first kappa shape index (κ1) is 24.7. The van der Waals surface area contributed by atoms with Gasteiger partial charge in [-0.1, -0.05) is 63.4 Å². The van der Waals surface area contributed by atoms with Gasteiger partial charge in [-0.05, 0) is 62.3 Å². The second-order valence-electron chi connectivity index (χ2n) is 11.3. The molecule has 0 radical (unpaired) electrons. The lowest BCUT2D eigenvalue weighted by molar-refractivity contribution is 0.0684. The molecule has 1 unspecified atom stereocenters. The fourth-order valence-corrected chi connectivity index (χ4v) is 5.91. The standard InChI is InChI=1S/C29H39N5O2/c1-18-12-14-22(15-13-18)17-34-24-25(30-20(3)23-10-7-11-23)31-27(29(35)36)32-26(24)33-28(34)19(2)16-21-8-5-4-6-9-21/h4-6,8-9,18-20,22-23H,7,10-17H2,1-3H3,(H,35,36)(H,30,31,32)/t18?,19?,20-,22?/m1/s1. The largest absolute Gasteiger partial charge is 0.475 e. The molecule has 192 valence electrons. The van der Waals surface area contributed by atoms with Crippen molar-refractivity contribution < 1.29 is 9.90 Å². The maximum atomic E-state index is 11.9. The zero-order valence-electron chi connectivity index (χ0n) is 21.8. The van der Waals surface area contributed by atoms with Crippen LogP contribution in [0.4, 0.5) is 5.82 Å². The van der Waals surface area contributed by atoms with Gasteiger partial charge in [-0.25, -0.2) is 19.7 Å². The monoisotopic (exact) mass is 489 g/mol. The Morgan fingerprint density at radius 1 is 1.06 bits per heavy atom. The molecule has 2 fully saturated rings. The third-order valence-electron chi connectivity index (χ3n) is 8.45. The van der Waals surface area contributed by atoms with E-state index >= 15 is 0 Å². The van der Waals surface area contributed by atoms with Crippen LogP contribution in [0.25, 0.3) is 11.2 Å². The SMILES string of the molecule is CC1CCC(Cn2c(C(C)Cc3ccccc3)nc3nc(C(=O)O)nc(N[C@H](C)C4CCC4)c32)CC1. The highest BCUT2D eigenvalue weighted by atomic mass is 16.4. The molecule has 1 aromatic carbocycles. The summed E-state index contributed by atoms with van der Waals surface area (Å²) in [5.41, 5.74) is 2.62. The van der Waals surface area contributed by atoms with Crippen LogP contribution in [0.15, 0.2) is 30.3 Å². The van der Waals surface area contributed by atoms with Crippen LogP contribution in [-0.4, -0.2) is 36.6 Å². The van der Waals surface area contributed by atoms with Gasteiger partial charge in [0.1, 0.15) is 11.3 Å². The van der Waals surface area contributed by atoms with Gasteiger partial charge in [0.15, 0.2) is 11.5 Å². The predicted molar refractivity (Wildman–Crippen MR) is 142 cm³/mol. The van der Waals surface area contributed by atoms with E-state index in [1.807, 2.05) is 6.07 Å². The maximum absolute atomic E-state index is 11.9. The van der Waals surface area contributed by atoms with Crippen molar-refractivity contribution in [2.45, 2.75) is 90.6 Å². The number of carbonyl (C=O) groups is 1. The Hall–Kier alpha value is -2.96. The van der Waals surface area contributed by atoms with Crippen molar-refractivity contribution in [3.63, 3.8) is 0 Å². The number of aromatic nitrogens is 4. The summed E-state index contributed by atoms with van der Waals surface area (Å²) in [5, 5.41) is 13.3. The van der Waals surface area contributed by atoms with Crippen molar-refractivity contribution in [3.05, 3.63) is 47.5 Å². The van der Waals surface area contributed by atoms with Crippen molar-refractivity contribution in [2.24, 2.45) is 17.8 Å². The summed E-state index contributed by atoms with van der Waals surface area (Å²) in [7, 11) is 0. The quantitative estimate of drug-likeness (QED) is 0.366. The number of rotatable bonds is 9. The molecule has 0 spiro atoms. The number of nitrogens with one attached hydrogen (secondary N) is 1. The number of hydrogen-bond donors (Lipinski definition) is 2. The molecule has 2 saturated carbocycles. The highest BCUT2D eigenvalue weighted by Crippen LogP contribution is 2.36. The molecule has 0 bridgehead atoms. The lowest BCUT2D eigenvalue weighted by atomic mass is 9.80. The first-order chi connectivity index (χ1) is 17.4. The van der Waals surface area contributed by atoms with E-state index in [-0.39, 0.29) is 17.8 Å². The van der Waals surface area contributed by atoms with Gasteiger partial charge in [0.25, 0.3) is 0 Å². The molecule has 5 rings (SSSR count). The zero-order chi connectivity index (χ0) is 25.2. The number of nitrogens with zero attached hydrogens (tertiary/aromatic N) is 4. The molecule has 7 heteroatoms. The third kappa shape index (κ3) is 5.25. The molecule has 2 N–H and O–H groups in total. The van der Waals surface area contributed by atoms with Crippen molar-refractivity contribution in [3.8, 4) is 0 Å². The van der Waals surface area contributed by atoms with E-state index in [9.17, 15) is 9.90 Å². The minimum absolute atomic E-state index is 0.161. The average Bonchev–Trinajstić information content (AvgIpc) is 3.18. The lowest BCUT2D eigenvalue weighted by Gasteiger charge is -2.32. The average molecular weight is 490 g/mol. The number of aromatic carboxylic acids is 1. The molecule has 2 atom stereocenters. The van der Waals surface area contributed by atoms with Gasteiger partial charge in [0.05, 0.1) is 0 Å². The predicted octanol–water partition coefficient (Wildman–Crippen LogP) is 6.30. The van der Waals surface area contributed by atoms with E-state index in [1.165, 1.54) is 50.5 Å². The minimum atomic E-state index is -1.12. The molecule has 36 heavy (non-hydrogen) atoms. The van der Waals surface area contributed by atoms with Crippen LogP contribution in [0.2, 0.25) is 0 Å². The Labute approximate surface area is 213 Å². The molecule has 0 aliphatic heterocycles. The van der Waals surface area contributed by atoms with Crippen LogP contribution in [0.1, 0.15) is 93.6 Å². The highest BCUT2D eigenvalue weighted by Gasteiger charge is 2.29. The van der Waals surface area contributed by atoms with Gasteiger partial charge in [0, 0.05) is 18.5 Å². The topological polar surface area (TPSA) is 92.9 Å².